The standard InChI is InChI=1S/C23H19N3O3/c27-21(24-17-10-4-1-5-11-17)16-20-22(28)26(19-14-8-3-9-15-19)23(29)25(20)18-12-6-2-7-13-18/h1-15,20H,16H2,(H,24,27). The van der Waals surface area contributed by atoms with Crippen LogP contribution in [0.2, 0.25) is 0 Å². The van der Waals surface area contributed by atoms with E-state index in [1.807, 2.05) is 30.3 Å². The molecule has 1 aliphatic rings. The average Bonchev–Trinajstić information content (AvgIpc) is 2.99. The van der Waals surface area contributed by atoms with Crippen molar-refractivity contribution in [2.75, 3.05) is 15.1 Å². The molecule has 1 aliphatic heterocycles. The third-order valence-corrected chi connectivity index (χ3v) is 4.70. The molecule has 1 fully saturated rings. The van der Waals surface area contributed by atoms with E-state index in [-0.39, 0.29) is 12.3 Å². The van der Waals surface area contributed by atoms with Crippen LogP contribution in [0.1, 0.15) is 6.42 Å². The van der Waals surface area contributed by atoms with Gasteiger partial charge in [0.1, 0.15) is 6.04 Å². The molecule has 0 aromatic heterocycles. The van der Waals surface area contributed by atoms with Crippen molar-refractivity contribution in [3.63, 3.8) is 0 Å². The summed E-state index contributed by atoms with van der Waals surface area (Å²) in [6, 6.07) is 25.3. The Morgan fingerprint density at radius 3 is 1.86 bits per heavy atom. The number of urea groups is 1. The van der Waals surface area contributed by atoms with Crippen LogP contribution in [0.15, 0.2) is 91.0 Å². The SMILES string of the molecule is O=C(CC1C(=O)N(c2ccccc2)C(=O)N1c1ccccc1)Nc1ccccc1. The molecule has 6 nitrogen and oxygen atoms in total. The molecule has 0 aliphatic carbocycles. The van der Waals surface area contributed by atoms with E-state index in [0.29, 0.717) is 17.1 Å². The van der Waals surface area contributed by atoms with Crippen LogP contribution in [-0.4, -0.2) is 23.9 Å². The van der Waals surface area contributed by atoms with E-state index in [4.69, 9.17) is 0 Å². The third kappa shape index (κ3) is 3.73. The topological polar surface area (TPSA) is 69.7 Å². The van der Waals surface area contributed by atoms with Gasteiger partial charge in [-0.3, -0.25) is 14.5 Å². The summed E-state index contributed by atoms with van der Waals surface area (Å²) in [6.45, 7) is 0. The predicted molar refractivity (Wildman–Crippen MR) is 112 cm³/mol. The maximum atomic E-state index is 13.2. The molecule has 3 aromatic rings. The molecule has 1 N–H and O–H groups in total. The van der Waals surface area contributed by atoms with Gasteiger partial charge in [0.15, 0.2) is 0 Å². The lowest BCUT2D eigenvalue weighted by molar-refractivity contribution is -0.122. The highest BCUT2D eigenvalue weighted by molar-refractivity contribution is 6.29. The van der Waals surface area contributed by atoms with Crippen molar-refractivity contribution in [3.05, 3.63) is 91.0 Å². The number of para-hydroxylation sites is 3. The lowest BCUT2D eigenvalue weighted by atomic mass is 10.1. The number of nitrogens with zero attached hydrogens (tertiary/aromatic N) is 2. The van der Waals surface area contributed by atoms with Gasteiger partial charge in [-0.15, -0.1) is 0 Å². The molecule has 4 rings (SSSR count). The van der Waals surface area contributed by atoms with E-state index in [9.17, 15) is 14.4 Å². The number of amides is 4. The number of hydrogen-bond donors (Lipinski definition) is 1. The summed E-state index contributed by atoms with van der Waals surface area (Å²) in [5.41, 5.74) is 1.69. The minimum atomic E-state index is -0.922. The number of rotatable bonds is 5. The number of carbonyl (C=O) groups is 3. The van der Waals surface area contributed by atoms with Crippen LogP contribution in [0, 0.1) is 0 Å². The minimum absolute atomic E-state index is 0.141. The normalized spacial score (nSPS) is 16.2. The molecule has 29 heavy (non-hydrogen) atoms. The van der Waals surface area contributed by atoms with E-state index in [1.54, 1.807) is 60.7 Å². The minimum Gasteiger partial charge on any atom is -0.326 e. The number of anilines is 3. The first-order chi connectivity index (χ1) is 14.1. The van der Waals surface area contributed by atoms with Crippen LogP contribution in [0.4, 0.5) is 21.9 Å². The highest BCUT2D eigenvalue weighted by Crippen LogP contribution is 2.31. The molecular formula is C23H19N3O3. The van der Waals surface area contributed by atoms with Crippen molar-refractivity contribution >= 4 is 34.9 Å². The monoisotopic (exact) mass is 385 g/mol. The zero-order valence-electron chi connectivity index (χ0n) is 15.6. The first kappa shape index (κ1) is 18.4. The third-order valence-electron chi connectivity index (χ3n) is 4.70. The zero-order chi connectivity index (χ0) is 20.2. The van der Waals surface area contributed by atoms with Gasteiger partial charge in [-0.25, -0.2) is 9.69 Å². The van der Waals surface area contributed by atoms with E-state index in [0.717, 1.165) is 4.90 Å². The Morgan fingerprint density at radius 1 is 0.759 bits per heavy atom. The fourth-order valence-corrected chi connectivity index (χ4v) is 3.38. The Balaban J connectivity index is 1.64. The second kappa shape index (κ2) is 7.98. The molecule has 0 radical (unpaired) electrons. The van der Waals surface area contributed by atoms with Crippen molar-refractivity contribution in [1.29, 1.82) is 0 Å². The Labute approximate surface area is 168 Å². The van der Waals surface area contributed by atoms with E-state index in [2.05, 4.69) is 5.32 Å². The van der Waals surface area contributed by atoms with Crippen molar-refractivity contribution in [2.45, 2.75) is 12.5 Å². The molecule has 0 saturated carbocycles. The molecule has 6 heteroatoms. The van der Waals surface area contributed by atoms with Crippen LogP contribution >= 0.6 is 0 Å². The predicted octanol–water partition coefficient (Wildman–Crippen LogP) is 4.06. The van der Waals surface area contributed by atoms with Crippen molar-refractivity contribution in [3.8, 4) is 0 Å². The first-order valence-electron chi connectivity index (χ1n) is 9.27. The molecule has 0 bridgehead atoms. The fraction of sp³-hybridized carbons (Fsp3) is 0.0870. The summed E-state index contributed by atoms with van der Waals surface area (Å²) in [5, 5.41) is 2.78. The van der Waals surface area contributed by atoms with Gasteiger partial charge in [-0.2, -0.15) is 0 Å². The Hall–Kier alpha value is -3.93. The Morgan fingerprint density at radius 2 is 1.28 bits per heavy atom. The number of imide groups is 1. The summed E-state index contributed by atoms with van der Waals surface area (Å²) in [4.78, 5) is 41.5. The van der Waals surface area contributed by atoms with Gasteiger partial charge in [0.25, 0.3) is 5.91 Å². The maximum Gasteiger partial charge on any atom is 0.336 e. The molecule has 1 saturated heterocycles. The summed E-state index contributed by atoms with van der Waals surface area (Å²) in [7, 11) is 0. The van der Waals surface area contributed by atoms with Crippen LogP contribution in [-0.2, 0) is 9.59 Å². The second-order valence-corrected chi connectivity index (χ2v) is 6.63. The lowest BCUT2D eigenvalue weighted by Crippen LogP contribution is -2.38. The van der Waals surface area contributed by atoms with Gasteiger partial charge in [0.05, 0.1) is 12.1 Å². The van der Waals surface area contributed by atoms with Crippen molar-refractivity contribution in [2.24, 2.45) is 0 Å². The molecular weight excluding hydrogens is 366 g/mol. The number of hydrogen-bond acceptors (Lipinski definition) is 3. The molecule has 1 unspecified atom stereocenters. The van der Waals surface area contributed by atoms with Gasteiger partial charge < -0.3 is 5.32 Å². The Bertz CT molecular complexity index is 1020. The van der Waals surface area contributed by atoms with Crippen LogP contribution in [0.5, 0.6) is 0 Å². The van der Waals surface area contributed by atoms with E-state index in [1.165, 1.54) is 4.90 Å². The summed E-state index contributed by atoms with van der Waals surface area (Å²) < 4.78 is 0. The van der Waals surface area contributed by atoms with Gasteiger partial charge in [0.2, 0.25) is 5.91 Å². The molecule has 1 heterocycles. The van der Waals surface area contributed by atoms with Crippen molar-refractivity contribution < 1.29 is 14.4 Å². The Kier molecular flexibility index (Phi) is 5.07. The van der Waals surface area contributed by atoms with Gasteiger partial charge in [0, 0.05) is 11.4 Å². The van der Waals surface area contributed by atoms with Gasteiger partial charge in [-0.1, -0.05) is 54.6 Å². The van der Waals surface area contributed by atoms with E-state index < -0.39 is 18.0 Å². The lowest BCUT2D eigenvalue weighted by Gasteiger charge is -2.21. The van der Waals surface area contributed by atoms with E-state index >= 15 is 0 Å². The summed E-state index contributed by atoms with van der Waals surface area (Å²) in [5.74, 6) is -0.758. The molecule has 4 amide bonds. The molecule has 1 atom stereocenters. The van der Waals surface area contributed by atoms with Gasteiger partial charge >= 0.3 is 6.03 Å². The smallest absolute Gasteiger partial charge is 0.326 e. The quantitative estimate of drug-likeness (QED) is 0.674. The highest BCUT2D eigenvalue weighted by Gasteiger charge is 2.47. The molecule has 0 spiro atoms. The maximum absolute atomic E-state index is 13.2. The number of nitrogens with one attached hydrogen (secondary N) is 1. The van der Waals surface area contributed by atoms with Crippen LogP contribution in [0.3, 0.4) is 0 Å². The first-order valence-corrected chi connectivity index (χ1v) is 9.27. The summed E-state index contributed by atoms with van der Waals surface area (Å²) >= 11 is 0. The number of benzene rings is 3. The molecule has 144 valence electrons. The van der Waals surface area contributed by atoms with Crippen molar-refractivity contribution in [1.82, 2.24) is 0 Å². The fourth-order valence-electron chi connectivity index (χ4n) is 3.38. The highest BCUT2D eigenvalue weighted by atomic mass is 16.2. The van der Waals surface area contributed by atoms with Crippen LogP contribution < -0.4 is 15.1 Å². The zero-order valence-corrected chi connectivity index (χ0v) is 15.6. The summed E-state index contributed by atoms with van der Waals surface area (Å²) in [6.07, 6.45) is -0.141. The molecule has 3 aromatic carbocycles. The second-order valence-electron chi connectivity index (χ2n) is 6.63. The largest absolute Gasteiger partial charge is 0.336 e. The average molecular weight is 385 g/mol. The van der Waals surface area contributed by atoms with Crippen LogP contribution in [0.25, 0.3) is 0 Å². The van der Waals surface area contributed by atoms with Gasteiger partial charge in [-0.05, 0) is 36.4 Å². The number of carbonyl (C=O) groups excluding carboxylic acids is 3.